The summed E-state index contributed by atoms with van der Waals surface area (Å²) in [4.78, 5) is 16.6. The zero-order valence-electron chi connectivity index (χ0n) is 10.5. The first-order valence-electron chi connectivity index (χ1n) is 6.05. The van der Waals surface area contributed by atoms with Gasteiger partial charge >= 0.3 is 0 Å². The maximum atomic E-state index is 12.3. The molecule has 0 spiro atoms. The fraction of sp³-hybridized carbons (Fsp3) is 0.143. The van der Waals surface area contributed by atoms with Crippen LogP contribution in [0.1, 0.15) is 11.3 Å². The lowest BCUT2D eigenvalue weighted by Gasteiger charge is -2.22. The van der Waals surface area contributed by atoms with Gasteiger partial charge in [-0.25, -0.2) is 4.99 Å². The van der Waals surface area contributed by atoms with E-state index >= 15 is 0 Å². The van der Waals surface area contributed by atoms with Crippen LogP contribution < -0.4 is 11.1 Å². The molecule has 0 aliphatic carbocycles. The van der Waals surface area contributed by atoms with E-state index < -0.39 is 5.54 Å². The number of nitrogens with one attached hydrogen (secondary N) is 1. The van der Waals surface area contributed by atoms with Gasteiger partial charge < -0.3 is 10.2 Å². The van der Waals surface area contributed by atoms with E-state index in [1.807, 2.05) is 0 Å². The van der Waals surface area contributed by atoms with Gasteiger partial charge in [0.1, 0.15) is 5.76 Å². The van der Waals surface area contributed by atoms with Crippen LogP contribution in [-0.4, -0.2) is 11.9 Å². The molecule has 2 aromatic rings. The number of carbonyl (C=O) groups excluding carboxylic acids is 1. The highest BCUT2D eigenvalue weighted by Crippen LogP contribution is 2.34. The number of rotatable bonds is 3. The third-order valence-corrected chi connectivity index (χ3v) is 3.51. The molecule has 1 aliphatic rings. The quantitative estimate of drug-likeness (QED) is 0.904. The van der Waals surface area contributed by atoms with E-state index in [9.17, 15) is 4.79 Å². The van der Waals surface area contributed by atoms with E-state index in [4.69, 9.17) is 21.8 Å². The molecule has 0 bridgehead atoms. The summed E-state index contributed by atoms with van der Waals surface area (Å²) in [6.07, 6.45) is 1.86. The summed E-state index contributed by atoms with van der Waals surface area (Å²) in [6.45, 7) is 0. The highest BCUT2D eigenvalue weighted by molar-refractivity contribution is 6.30. The third-order valence-electron chi connectivity index (χ3n) is 3.26. The van der Waals surface area contributed by atoms with Crippen molar-refractivity contribution < 1.29 is 9.21 Å². The van der Waals surface area contributed by atoms with E-state index in [2.05, 4.69) is 10.3 Å². The van der Waals surface area contributed by atoms with Crippen LogP contribution >= 0.6 is 11.6 Å². The average Bonchev–Trinajstić information content (AvgIpc) is 3.00. The number of furan rings is 1. The second-order valence-electron chi connectivity index (χ2n) is 4.57. The van der Waals surface area contributed by atoms with Crippen LogP contribution in [0.4, 0.5) is 0 Å². The molecule has 0 saturated carbocycles. The van der Waals surface area contributed by atoms with Gasteiger partial charge in [0.25, 0.3) is 5.91 Å². The van der Waals surface area contributed by atoms with Crippen LogP contribution in [0.15, 0.2) is 52.1 Å². The number of benzene rings is 1. The van der Waals surface area contributed by atoms with E-state index in [1.54, 1.807) is 42.7 Å². The van der Waals surface area contributed by atoms with Crippen LogP contribution in [0.5, 0.6) is 0 Å². The van der Waals surface area contributed by atoms with Crippen molar-refractivity contribution in [1.82, 2.24) is 5.32 Å². The monoisotopic (exact) mass is 289 g/mol. The van der Waals surface area contributed by atoms with Gasteiger partial charge in [-0.3, -0.25) is 10.1 Å². The summed E-state index contributed by atoms with van der Waals surface area (Å²) >= 11 is 5.89. The first kappa shape index (κ1) is 12.7. The Balaban J connectivity index is 2.08. The molecular weight excluding hydrogens is 278 g/mol. The number of halogens is 1. The van der Waals surface area contributed by atoms with Crippen molar-refractivity contribution in [2.45, 2.75) is 12.0 Å². The van der Waals surface area contributed by atoms with Crippen LogP contribution in [0.25, 0.3) is 0 Å². The van der Waals surface area contributed by atoms with Gasteiger partial charge in [0.15, 0.2) is 11.5 Å². The van der Waals surface area contributed by atoms with Crippen LogP contribution in [-0.2, 0) is 16.8 Å². The Hall–Kier alpha value is -2.27. The van der Waals surface area contributed by atoms with Crippen molar-refractivity contribution in [3.8, 4) is 0 Å². The second-order valence-corrected chi connectivity index (χ2v) is 5.01. The first-order valence-corrected chi connectivity index (χ1v) is 6.43. The van der Waals surface area contributed by atoms with Crippen LogP contribution in [0, 0.1) is 0 Å². The zero-order valence-corrected chi connectivity index (χ0v) is 11.2. The highest BCUT2D eigenvalue weighted by atomic mass is 35.5. The molecular formula is C14H12ClN3O2. The molecule has 0 unspecified atom stereocenters. The Morgan fingerprint density at radius 2 is 2.05 bits per heavy atom. The lowest BCUT2D eigenvalue weighted by atomic mass is 9.86. The fourth-order valence-corrected chi connectivity index (χ4v) is 2.44. The Morgan fingerprint density at radius 1 is 1.30 bits per heavy atom. The molecule has 1 atom stereocenters. The molecule has 0 fully saturated rings. The maximum absolute atomic E-state index is 12.3. The molecule has 3 rings (SSSR count). The Kier molecular flexibility index (Phi) is 2.99. The van der Waals surface area contributed by atoms with Gasteiger partial charge in [-0.05, 0) is 29.8 Å². The predicted molar refractivity (Wildman–Crippen MR) is 75.3 cm³/mol. The van der Waals surface area contributed by atoms with Crippen LogP contribution in [0.3, 0.4) is 0 Å². The number of hydrogen-bond acceptors (Lipinski definition) is 4. The largest absolute Gasteiger partial charge is 0.469 e. The molecule has 0 saturated heterocycles. The fourth-order valence-electron chi connectivity index (χ4n) is 2.31. The van der Waals surface area contributed by atoms with E-state index in [-0.39, 0.29) is 11.9 Å². The van der Waals surface area contributed by atoms with E-state index in [1.165, 1.54) is 0 Å². The van der Waals surface area contributed by atoms with Gasteiger partial charge in [0, 0.05) is 11.4 Å². The number of nitrogens with zero attached hydrogens (tertiary/aromatic N) is 1. The average molecular weight is 290 g/mol. The van der Waals surface area contributed by atoms with Gasteiger partial charge in [0.05, 0.1) is 6.26 Å². The van der Waals surface area contributed by atoms with Crippen LogP contribution in [0.2, 0.25) is 5.02 Å². The maximum Gasteiger partial charge on any atom is 0.259 e. The number of hydrogen-bond donors (Lipinski definition) is 2. The van der Waals surface area contributed by atoms with Crippen molar-refractivity contribution in [2.75, 3.05) is 0 Å². The number of aliphatic imine (C=N–C) groups is 1. The van der Waals surface area contributed by atoms with Gasteiger partial charge in [-0.15, -0.1) is 0 Å². The molecule has 1 aliphatic heterocycles. The lowest BCUT2D eigenvalue weighted by molar-refractivity contribution is -0.124. The van der Waals surface area contributed by atoms with Gasteiger partial charge in [-0.2, -0.15) is 0 Å². The highest BCUT2D eigenvalue weighted by Gasteiger charge is 2.45. The molecule has 20 heavy (non-hydrogen) atoms. The molecule has 3 N–H and O–H groups in total. The minimum absolute atomic E-state index is 0.108. The van der Waals surface area contributed by atoms with Gasteiger partial charge in [0.2, 0.25) is 0 Å². The smallest absolute Gasteiger partial charge is 0.259 e. The normalized spacial score (nSPS) is 21.6. The lowest BCUT2D eigenvalue weighted by Crippen LogP contribution is -2.40. The SMILES string of the molecule is NC1=N[C@@](Cc2ccco2)(c2ccc(Cl)cc2)C(=O)N1. The molecule has 1 amide bonds. The Bertz CT molecular complexity index is 664. The summed E-state index contributed by atoms with van der Waals surface area (Å²) in [6, 6.07) is 10.6. The molecule has 0 radical (unpaired) electrons. The molecule has 1 aromatic heterocycles. The topological polar surface area (TPSA) is 80.6 Å². The third kappa shape index (κ3) is 2.06. The molecule has 6 heteroatoms. The van der Waals surface area contributed by atoms with Crippen molar-refractivity contribution in [3.05, 3.63) is 59.0 Å². The van der Waals surface area contributed by atoms with Crippen molar-refractivity contribution in [2.24, 2.45) is 10.7 Å². The summed E-state index contributed by atoms with van der Waals surface area (Å²) in [5.74, 6) is 0.499. The summed E-state index contributed by atoms with van der Waals surface area (Å²) in [5, 5.41) is 3.14. The van der Waals surface area contributed by atoms with Crippen molar-refractivity contribution >= 4 is 23.5 Å². The number of amides is 1. The standard InChI is InChI=1S/C14H12ClN3O2/c15-10-5-3-9(4-6-10)14(8-11-2-1-7-20-11)12(19)17-13(16)18-14/h1-7H,8H2,(H3,16,17,18,19)/t14-/m0/s1. The second kappa shape index (κ2) is 4.68. The van der Waals surface area contributed by atoms with Gasteiger partial charge in [-0.1, -0.05) is 23.7 Å². The Morgan fingerprint density at radius 3 is 2.60 bits per heavy atom. The minimum atomic E-state index is -1.10. The van der Waals surface area contributed by atoms with Crippen molar-refractivity contribution in [3.63, 3.8) is 0 Å². The molecule has 5 nitrogen and oxygen atoms in total. The predicted octanol–water partition coefficient (Wildman–Crippen LogP) is 1.82. The zero-order chi connectivity index (χ0) is 14.2. The molecule has 2 heterocycles. The Labute approximate surface area is 120 Å². The minimum Gasteiger partial charge on any atom is -0.469 e. The number of carbonyl (C=O) groups is 1. The summed E-state index contributed by atoms with van der Waals surface area (Å²) in [5.41, 5.74) is 5.27. The first-order chi connectivity index (χ1) is 9.60. The van der Waals surface area contributed by atoms with E-state index in [0.717, 1.165) is 5.56 Å². The molecule has 102 valence electrons. The number of guanidine groups is 1. The molecule has 1 aromatic carbocycles. The summed E-state index contributed by atoms with van der Waals surface area (Å²) < 4.78 is 5.33. The number of nitrogens with two attached hydrogens (primary N) is 1. The van der Waals surface area contributed by atoms with E-state index in [0.29, 0.717) is 17.2 Å². The summed E-state index contributed by atoms with van der Waals surface area (Å²) in [7, 11) is 0. The van der Waals surface area contributed by atoms with Crippen molar-refractivity contribution in [1.29, 1.82) is 0 Å².